The maximum atomic E-state index is 13.5. The van der Waals surface area contributed by atoms with Crippen LogP contribution >= 0.6 is 0 Å². The molecule has 5 rings (SSSR count). The van der Waals surface area contributed by atoms with Crippen LogP contribution in [0.3, 0.4) is 0 Å². The number of unbranched alkanes of at least 4 members (excludes halogenated alkanes) is 2. The Morgan fingerprint density at radius 2 is 1.70 bits per heavy atom. The number of carbonyl (C=O) groups is 2. The van der Waals surface area contributed by atoms with E-state index >= 15 is 0 Å². The lowest BCUT2D eigenvalue weighted by Gasteiger charge is -2.47. The molecule has 0 radical (unpaired) electrons. The van der Waals surface area contributed by atoms with E-state index in [-0.39, 0.29) is 17.4 Å². The molecule has 2 aromatic rings. The number of fused-ring (bicyclic) bond motifs is 3. The second-order valence-electron chi connectivity index (χ2n) is 9.70. The van der Waals surface area contributed by atoms with Crippen LogP contribution in [0.5, 0.6) is 0 Å². The molecule has 2 bridgehead atoms. The summed E-state index contributed by atoms with van der Waals surface area (Å²) in [4.78, 5) is 32.6. The summed E-state index contributed by atoms with van der Waals surface area (Å²) in [5.41, 5.74) is 2.74. The fourth-order valence-corrected chi connectivity index (χ4v) is 5.21. The summed E-state index contributed by atoms with van der Waals surface area (Å²) in [5, 5.41) is 3.42. The first kappa shape index (κ1) is 23.6. The molecule has 0 spiro atoms. The van der Waals surface area contributed by atoms with Crippen molar-refractivity contribution in [3.63, 3.8) is 0 Å². The summed E-state index contributed by atoms with van der Waals surface area (Å²) in [7, 11) is 0. The number of hydrogen-bond donors (Lipinski definition) is 1. The maximum absolute atomic E-state index is 13.5. The number of nitrogens with zero attached hydrogens (tertiary/aromatic N) is 2. The monoisotopic (exact) mass is 447 g/mol. The molecule has 0 unspecified atom stereocenters. The molecule has 0 saturated carbocycles. The van der Waals surface area contributed by atoms with Crippen LogP contribution in [-0.2, 0) is 9.59 Å². The van der Waals surface area contributed by atoms with E-state index in [4.69, 9.17) is 4.98 Å². The van der Waals surface area contributed by atoms with Gasteiger partial charge in [-0.15, -0.1) is 0 Å². The van der Waals surface area contributed by atoms with Gasteiger partial charge >= 0.3 is 0 Å². The van der Waals surface area contributed by atoms with Crippen LogP contribution in [-0.4, -0.2) is 41.2 Å². The molecular formula is C28H37N3O2. The van der Waals surface area contributed by atoms with Gasteiger partial charge in [0.25, 0.3) is 0 Å². The average Bonchev–Trinajstić information content (AvgIpc) is 2.89. The lowest BCUT2D eigenvalue weighted by atomic mass is 9.71. The van der Waals surface area contributed by atoms with Gasteiger partial charge < -0.3 is 10.2 Å². The van der Waals surface area contributed by atoms with Crippen molar-refractivity contribution in [3.8, 4) is 11.3 Å². The summed E-state index contributed by atoms with van der Waals surface area (Å²) in [5.74, 6) is 0.541. The number of pyridine rings is 1. The number of aromatic nitrogens is 1. The molecule has 33 heavy (non-hydrogen) atoms. The van der Waals surface area contributed by atoms with E-state index in [1.807, 2.05) is 43.3 Å². The molecule has 176 valence electrons. The largest absolute Gasteiger partial charge is 0.347 e. The minimum Gasteiger partial charge on any atom is -0.347 e. The fraction of sp³-hybridized carbons (Fsp3) is 0.536. The molecule has 1 atom stereocenters. The van der Waals surface area contributed by atoms with Gasteiger partial charge in [-0.1, -0.05) is 56.2 Å². The molecule has 1 amide bonds. The lowest BCUT2D eigenvalue weighted by Crippen LogP contribution is -2.55. The number of Topliss-reactive ketones (excluding diaryl/α,β-unsaturated/α-hetero) is 1. The Bertz CT molecular complexity index is 921. The number of nitrogens with one attached hydrogen (secondary N) is 1. The predicted molar refractivity (Wildman–Crippen MR) is 132 cm³/mol. The quantitative estimate of drug-likeness (QED) is 0.474. The Kier molecular flexibility index (Phi) is 7.92. The second kappa shape index (κ2) is 11.1. The molecule has 3 aliphatic heterocycles. The van der Waals surface area contributed by atoms with E-state index in [1.54, 1.807) is 0 Å². The van der Waals surface area contributed by atoms with E-state index in [0.717, 1.165) is 81.5 Å². The van der Waals surface area contributed by atoms with Crippen LogP contribution < -0.4 is 5.32 Å². The van der Waals surface area contributed by atoms with Crippen molar-refractivity contribution in [2.24, 2.45) is 5.41 Å². The number of benzene rings is 1. The van der Waals surface area contributed by atoms with Gasteiger partial charge in [-0.25, -0.2) is 0 Å². The van der Waals surface area contributed by atoms with E-state index in [1.165, 1.54) is 0 Å². The highest BCUT2D eigenvalue weighted by atomic mass is 16.2. The van der Waals surface area contributed by atoms with E-state index in [9.17, 15) is 9.59 Å². The topological polar surface area (TPSA) is 62.3 Å². The molecule has 0 aliphatic carbocycles. The van der Waals surface area contributed by atoms with E-state index < -0.39 is 0 Å². The fourth-order valence-electron chi connectivity index (χ4n) is 5.21. The molecule has 1 aromatic carbocycles. The third-order valence-corrected chi connectivity index (χ3v) is 7.55. The third kappa shape index (κ3) is 5.89. The zero-order valence-electron chi connectivity index (χ0n) is 19.9. The van der Waals surface area contributed by atoms with Crippen molar-refractivity contribution < 1.29 is 9.59 Å². The normalized spacial score (nSPS) is 22.6. The molecule has 1 N–H and O–H groups in total. The van der Waals surface area contributed by atoms with Crippen molar-refractivity contribution in [2.45, 2.75) is 70.8 Å². The summed E-state index contributed by atoms with van der Waals surface area (Å²) in [6, 6.07) is 16.2. The van der Waals surface area contributed by atoms with Gasteiger partial charge in [0, 0.05) is 18.4 Å². The predicted octanol–water partition coefficient (Wildman–Crippen LogP) is 5.32. The molecule has 4 heterocycles. The summed E-state index contributed by atoms with van der Waals surface area (Å²) >= 11 is 0. The van der Waals surface area contributed by atoms with Crippen LogP contribution in [0.15, 0.2) is 48.5 Å². The zero-order chi connectivity index (χ0) is 23.1. The molecule has 5 nitrogen and oxygen atoms in total. The van der Waals surface area contributed by atoms with Crippen molar-refractivity contribution in [2.75, 3.05) is 19.6 Å². The van der Waals surface area contributed by atoms with Crippen molar-refractivity contribution in [1.82, 2.24) is 15.2 Å². The number of carbonyl (C=O) groups excluding carboxylic acids is 2. The van der Waals surface area contributed by atoms with E-state index in [0.29, 0.717) is 18.6 Å². The number of hydrogen-bond acceptors (Lipinski definition) is 4. The highest BCUT2D eigenvalue weighted by Crippen LogP contribution is 2.41. The minimum atomic E-state index is -0.211. The second-order valence-corrected chi connectivity index (χ2v) is 9.70. The summed E-state index contributed by atoms with van der Waals surface area (Å²) in [6.45, 7) is 5.02. The van der Waals surface area contributed by atoms with Crippen LogP contribution in [0, 0.1) is 5.41 Å². The van der Waals surface area contributed by atoms with Gasteiger partial charge in [0.05, 0.1) is 22.8 Å². The first-order chi connectivity index (χ1) is 16.1. The van der Waals surface area contributed by atoms with Gasteiger partial charge in [0.2, 0.25) is 5.91 Å². The first-order valence-corrected chi connectivity index (χ1v) is 12.7. The first-order valence-electron chi connectivity index (χ1n) is 12.7. The highest BCUT2D eigenvalue weighted by Gasteiger charge is 2.45. The van der Waals surface area contributed by atoms with Gasteiger partial charge in [0.15, 0.2) is 0 Å². The Hall–Kier alpha value is -2.53. The molecule has 3 aliphatic rings. The smallest absolute Gasteiger partial charge is 0.226 e. The Labute approximate surface area is 198 Å². The van der Waals surface area contributed by atoms with Gasteiger partial charge in [-0.05, 0) is 63.9 Å². The summed E-state index contributed by atoms with van der Waals surface area (Å²) in [6.07, 6.45) is 7.90. The average molecular weight is 448 g/mol. The number of ketones is 1. The standard InChI is InChI=1S/C28H37N3O2/c1-2-23(32)12-7-4-8-13-26(30-27(33)28-16-19-31(20-17-28)21-18-28)25-15-9-14-24(29-25)22-10-5-3-6-11-22/h3,5-6,9-11,14-15,26H,2,4,7-8,12-13,16-21H2,1H3,(H,30,33)/t26-/m0/s1. The Morgan fingerprint density at radius 1 is 0.970 bits per heavy atom. The maximum Gasteiger partial charge on any atom is 0.226 e. The number of piperidine rings is 3. The molecule has 3 saturated heterocycles. The van der Waals surface area contributed by atoms with Crippen LogP contribution in [0.2, 0.25) is 0 Å². The molecule has 5 heteroatoms. The van der Waals surface area contributed by atoms with Crippen molar-refractivity contribution >= 4 is 11.7 Å². The Balaban J connectivity index is 1.47. The van der Waals surface area contributed by atoms with Gasteiger partial charge in [-0.3, -0.25) is 14.6 Å². The molecule has 1 aromatic heterocycles. The van der Waals surface area contributed by atoms with Crippen molar-refractivity contribution in [3.05, 3.63) is 54.2 Å². The van der Waals surface area contributed by atoms with Gasteiger partial charge in [0.1, 0.15) is 5.78 Å². The third-order valence-electron chi connectivity index (χ3n) is 7.55. The van der Waals surface area contributed by atoms with Gasteiger partial charge in [-0.2, -0.15) is 0 Å². The highest BCUT2D eigenvalue weighted by molar-refractivity contribution is 5.83. The van der Waals surface area contributed by atoms with Crippen LogP contribution in [0.25, 0.3) is 11.3 Å². The van der Waals surface area contributed by atoms with Crippen LogP contribution in [0.1, 0.15) is 76.4 Å². The number of amides is 1. The minimum absolute atomic E-state index is 0.0997. The number of rotatable bonds is 11. The summed E-state index contributed by atoms with van der Waals surface area (Å²) < 4.78 is 0. The van der Waals surface area contributed by atoms with Crippen molar-refractivity contribution in [1.29, 1.82) is 0 Å². The Morgan fingerprint density at radius 3 is 2.39 bits per heavy atom. The SMILES string of the molecule is CCC(=O)CCCCC[C@H](NC(=O)C12CCN(CC1)CC2)c1cccc(-c2ccccc2)n1. The molecule has 3 fully saturated rings. The lowest BCUT2D eigenvalue weighted by molar-refractivity contribution is -0.139. The van der Waals surface area contributed by atoms with Crippen LogP contribution in [0.4, 0.5) is 0 Å². The molecular weight excluding hydrogens is 410 g/mol. The van der Waals surface area contributed by atoms with E-state index in [2.05, 4.69) is 22.3 Å². The zero-order valence-corrected chi connectivity index (χ0v) is 19.9.